The predicted octanol–water partition coefficient (Wildman–Crippen LogP) is 3.22. The van der Waals surface area contributed by atoms with Crippen LogP contribution in [0.1, 0.15) is 52.9 Å². The van der Waals surface area contributed by atoms with Gasteiger partial charge < -0.3 is 5.11 Å². The molecule has 1 nitrogen and oxygen atoms in total. The van der Waals surface area contributed by atoms with Crippen LogP contribution in [0.2, 0.25) is 0 Å². The molecular formula is C12H24O. The molecule has 3 unspecified atom stereocenters. The molecule has 1 fully saturated rings. The zero-order chi connectivity index (χ0) is 9.84. The normalized spacial score (nSPS) is 32.1. The van der Waals surface area contributed by atoms with Crippen molar-refractivity contribution in [2.75, 3.05) is 0 Å². The van der Waals surface area contributed by atoms with Crippen LogP contribution in [0.25, 0.3) is 0 Å². The van der Waals surface area contributed by atoms with Crippen LogP contribution in [0.5, 0.6) is 0 Å². The lowest BCUT2D eigenvalue weighted by Gasteiger charge is -2.37. The van der Waals surface area contributed by atoms with Gasteiger partial charge in [-0.15, -0.1) is 0 Å². The van der Waals surface area contributed by atoms with Crippen molar-refractivity contribution in [2.45, 2.75) is 59.0 Å². The van der Waals surface area contributed by atoms with Gasteiger partial charge in [-0.1, -0.05) is 33.6 Å². The van der Waals surface area contributed by atoms with Gasteiger partial charge in [-0.3, -0.25) is 0 Å². The first-order chi connectivity index (χ1) is 6.16. The Morgan fingerprint density at radius 1 is 1.15 bits per heavy atom. The smallest absolute Gasteiger partial charge is 0.0568 e. The van der Waals surface area contributed by atoms with E-state index < -0.39 is 0 Å². The molecule has 0 saturated heterocycles. The monoisotopic (exact) mass is 184 g/mol. The van der Waals surface area contributed by atoms with E-state index in [-0.39, 0.29) is 6.10 Å². The average molecular weight is 184 g/mol. The van der Waals surface area contributed by atoms with Gasteiger partial charge in [0.2, 0.25) is 0 Å². The van der Waals surface area contributed by atoms with E-state index in [4.69, 9.17) is 0 Å². The number of hydrogen-bond acceptors (Lipinski definition) is 1. The third-order valence-corrected chi connectivity index (χ3v) is 3.64. The molecule has 13 heavy (non-hydrogen) atoms. The lowest BCUT2D eigenvalue weighted by molar-refractivity contribution is 0.0281. The van der Waals surface area contributed by atoms with Crippen molar-refractivity contribution >= 4 is 0 Å². The highest BCUT2D eigenvalue weighted by molar-refractivity contribution is 4.81. The molecule has 1 rings (SSSR count). The van der Waals surface area contributed by atoms with Crippen molar-refractivity contribution in [3.8, 4) is 0 Å². The molecular weight excluding hydrogens is 160 g/mol. The number of hydrogen-bond donors (Lipinski definition) is 1. The summed E-state index contributed by atoms with van der Waals surface area (Å²) in [5, 5.41) is 9.90. The first kappa shape index (κ1) is 11.0. The van der Waals surface area contributed by atoms with Crippen LogP contribution in [0.3, 0.4) is 0 Å². The van der Waals surface area contributed by atoms with Crippen LogP contribution in [-0.2, 0) is 0 Å². The molecule has 0 bridgehead atoms. The summed E-state index contributed by atoms with van der Waals surface area (Å²) in [4.78, 5) is 0. The molecule has 0 spiro atoms. The summed E-state index contributed by atoms with van der Waals surface area (Å²) in [6.07, 6.45) is 6.15. The Hall–Kier alpha value is -0.0400. The van der Waals surface area contributed by atoms with E-state index in [0.29, 0.717) is 5.92 Å². The van der Waals surface area contributed by atoms with Crippen LogP contribution in [0, 0.1) is 17.8 Å². The van der Waals surface area contributed by atoms with E-state index in [9.17, 15) is 5.11 Å². The van der Waals surface area contributed by atoms with E-state index in [1.54, 1.807) is 0 Å². The van der Waals surface area contributed by atoms with Crippen molar-refractivity contribution in [3.05, 3.63) is 0 Å². The third-order valence-electron chi connectivity index (χ3n) is 3.64. The summed E-state index contributed by atoms with van der Waals surface area (Å²) in [5.41, 5.74) is 0. The van der Waals surface area contributed by atoms with E-state index >= 15 is 0 Å². The second kappa shape index (κ2) is 4.99. The van der Waals surface area contributed by atoms with Crippen molar-refractivity contribution in [1.82, 2.24) is 0 Å². The predicted molar refractivity (Wildman–Crippen MR) is 56.6 cm³/mol. The molecule has 0 radical (unpaired) electrons. The van der Waals surface area contributed by atoms with E-state index in [1.165, 1.54) is 25.7 Å². The van der Waals surface area contributed by atoms with Crippen molar-refractivity contribution in [2.24, 2.45) is 17.8 Å². The Kier molecular flexibility index (Phi) is 4.24. The SMILES string of the molecule is CCC(O)C1CCCCC1C(C)C. The zero-order valence-corrected chi connectivity index (χ0v) is 9.29. The molecule has 1 heteroatoms. The molecule has 0 aliphatic heterocycles. The Labute approximate surface area is 82.5 Å². The Morgan fingerprint density at radius 2 is 1.69 bits per heavy atom. The Morgan fingerprint density at radius 3 is 2.15 bits per heavy atom. The zero-order valence-electron chi connectivity index (χ0n) is 9.29. The summed E-state index contributed by atoms with van der Waals surface area (Å²) < 4.78 is 0. The van der Waals surface area contributed by atoms with Gasteiger partial charge >= 0.3 is 0 Å². The summed E-state index contributed by atoms with van der Waals surface area (Å²) in [6.45, 7) is 6.69. The second-order valence-corrected chi connectivity index (χ2v) is 4.83. The highest BCUT2D eigenvalue weighted by atomic mass is 16.3. The fourth-order valence-corrected chi connectivity index (χ4v) is 2.80. The Bertz CT molecular complexity index is 142. The van der Waals surface area contributed by atoms with E-state index in [1.807, 2.05) is 0 Å². The topological polar surface area (TPSA) is 20.2 Å². The van der Waals surface area contributed by atoms with Crippen LogP contribution in [0.4, 0.5) is 0 Å². The maximum atomic E-state index is 9.90. The molecule has 0 aromatic carbocycles. The quantitative estimate of drug-likeness (QED) is 0.714. The minimum Gasteiger partial charge on any atom is -0.393 e. The second-order valence-electron chi connectivity index (χ2n) is 4.83. The molecule has 0 aromatic rings. The summed E-state index contributed by atoms with van der Waals surface area (Å²) in [5.74, 6) is 2.09. The minimum absolute atomic E-state index is 0.0484. The van der Waals surface area contributed by atoms with Crippen LogP contribution >= 0.6 is 0 Å². The minimum atomic E-state index is -0.0484. The van der Waals surface area contributed by atoms with Gasteiger partial charge in [0.1, 0.15) is 0 Å². The fraction of sp³-hybridized carbons (Fsp3) is 1.00. The largest absolute Gasteiger partial charge is 0.393 e. The summed E-state index contributed by atoms with van der Waals surface area (Å²) in [7, 11) is 0. The lowest BCUT2D eigenvalue weighted by Crippen LogP contribution is -2.33. The maximum absolute atomic E-state index is 9.90. The van der Waals surface area contributed by atoms with E-state index in [2.05, 4.69) is 20.8 Å². The maximum Gasteiger partial charge on any atom is 0.0568 e. The molecule has 1 aliphatic carbocycles. The average Bonchev–Trinajstić information content (AvgIpc) is 2.16. The summed E-state index contributed by atoms with van der Waals surface area (Å²) in [6, 6.07) is 0. The molecule has 0 amide bonds. The molecule has 1 saturated carbocycles. The van der Waals surface area contributed by atoms with Gasteiger partial charge in [0.25, 0.3) is 0 Å². The van der Waals surface area contributed by atoms with Gasteiger partial charge in [0.15, 0.2) is 0 Å². The Balaban J connectivity index is 2.56. The standard InChI is InChI=1S/C12H24O/c1-4-12(13)11-8-6-5-7-10(11)9(2)3/h9-13H,4-8H2,1-3H3. The molecule has 3 atom stereocenters. The van der Waals surface area contributed by atoms with Crippen molar-refractivity contribution < 1.29 is 5.11 Å². The molecule has 1 aliphatic rings. The number of aliphatic hydroxyl groups excluding tert-OH is 1. The van der Waals surface area contributed by atoms with Crippen LogP contribution in [-0.4, -0.2) is 11.2 Å². The highest BCUT2D eigenvalue weighted by Gasteiger charge is 2.31. The first-order valence-corrected chi connectivity index (χ1v) is 5.84. The van der Waals surface area contributed by atoms with Crippen LogP contribution in [0.15, 0.2) is 0 Å². The molecule has 0 aromatic heterocycles. The molecule has 0 heterocycles. The van der Waals surface area contributed by atoms with E-state index in [0.717, 1.165) is 18.3 Å². The molecule has 78 valence electrons. The third kappa shape index (κ3) is 2.70. The molecule has 1 N–H and O–H groups in total. The summed E-state index contributed by atoms with van der Waals surface area (Å²) >= 11 is 0. The number of rotatable bonds is 3. The van der Waals surface area contributed by atoms with Gasteiger partial charge in [0.05, 0.1) is 6.10 Å². The van der Waals surface area contributed by atoms with Crippen LogP contribution < -0.4 is 0 Å². The first-order valence-electron chi connectivity index (χ1n) is 5.84. The highest BCUT2D eigenvalue weighted by Crippen LogP contribution is 2.37. The number of aliphatic hydroxyl groups is 1. The van der Waals surface area contributed by atoms with Gasteiger partial charge in [-0.05, 0) is 37.0 Å². The lowest BCUT2D eigenvalue weighted by atomic mass is 9.71. The van der Waals surface area contributed by atoms with Gasteiger partial charge in [0, 0.05) is 0 Å². The van der Waals surface area contributed by atoms with Gasteiger partial charge in [-0.25, -0.2) is 0 Å². The van der Waals surface area contributed by atoms with Crippen molar-refractivity contribution in [1.29, 1.82) is 0 Å². The van der Waals surface area contributed by atoms with Crippen molar-refractivity contribution in [3.63, 3.8) is 0 Å². The van der Waals surface area contributed by atoms with Gasteiger partial charge in [-0.2, -0.15) is 0 Å². The fourth-order valence-electron chi connectivity index (χ4n) is 2.80.